The molecule has 0 N–H and O–H groups in total. The van der Waals surface area contributed by atoms with E-state index in [2.05, 4.69) is 9.88 Å². The molecule has 1 aromatic rings. The summed E-state index contributed by atoms with van der Waals surface area (Å²) in [5.74, 6) is 0.988. The van der Waals surface area contributed by atoms with E-state index in [1.807, 2.05) is 6.92 Å². The Morgan fingerprint density at radius 1 is 1.41 bits per heavy atom. The Hall–Kier alpha value is -0.900. The van der Waals surface area contributed by atoms with E-state index >= 15 is 0 Å². The molecular formula is C13H18N2OS. The van der Waals surface area contributed by atoms with Crippen LogP contribution in [0.2, 0.25) is 0 Å². The lowest BCUT2D eigenvalue weighted by Gasteiger charge is -2.37. The molecule has 0 aromatic carbocycles. The normalized spacial score (nSPS) is 28.2. The van der Waals surface area contributed by atoms with Crippen LogP contribution in [0.5, 0.6) is 0 Å². The number of carbonyl (C=O) groups excluding carboxylic acids is 1. The fraction of sp³-hybridized carbons (Fsp3) is 0.692. The lowest BCUT2D eigenvalue weighted by atomic mass is 9.92. The van der Waals surface area contributed by atoms with Gasteiger partial charge in [0.2, 0.25) is 0 Å². The van der Waals surface area contributed by atoms with Crippen molar-refractivity contribution in [3.8, 4) is 0 Å². The number of aryl methyl sites for hydroxylation is 1. The van der Waals surface area contributed by atoms with Gasteiger partial charge >= 0.3 is 0 Å². The zero-order chi connectivity index (χ0) is 11.8. The van der Waals surface area contributed by atoms with Crippen LogP contribution in [-0.2, 0) is 0 Å². The molecule has 1 saturated heterocycles. The number of amides is 1. The van der Waals surface area contributed by atoms with E-state index in [-0.39, 0.29) is 5.91 Å². The van der Waals surface area contributed by atoms with Crippen LogP contribution in [0.25, 0.3) is 0 Å². The predicted molar refractivity (Wildman–Crippen MR) is 68.3 cm³/mol. The molecule has 1 saturated carbocycles. The van der Waals surface area contributed by atoms with E-state index in [1.54, 1.807) is 5.51 Å². The minimum atomic E-state index is 0.224. The van der Waals surface area contributed by atoms with Gasteiger partial charge in [0.05, 0.1) is 11.2 Å². The number of hydrogen-bond donors (Lipinski definition) is 0. The second kappa shape index (κ2) is 4.41. The van der Waals surface area contributed by atoms with Gasteiger partial charge in [0.25, 0.3) is 5.91 Å². The zero-order valence-corrected chi connectivity index (χ0v) is 11.0. The number of aromatic nitrogens is 1. The third kappa shape index (κ3) is 1.88. The largest absolute Gasteiger partial charge is 0.335 e. The summed E-state index contributed by atoms with van der Waals surface area (Å²) >= 11 is 1.48. The molecule has 2 fully saturated rings. The lowest BCUT2D eigenvalue weighted by Crippen LogP contribution is -2.46. The van der Waals surface area contributed by atoms with E-state index in [0.29, 0.717) is 6.04 Å². The number of carbonyl (C=O) groups is 1. The highest BCUT2D eigenvalue weighted by molar-refractivity contribution is 7.11. The topological polar surface area (TPSA) is 33.2 Å². The molecule has 1 aliphatic carbocycles. The summed E-state index contributed by atoms with van der Waals surface area (Å²) in [5, 5.41) is 0. The van der Waals surface area contributed by atoms with Crippen LogP contribution in [0.3, 0.4) is 0 Å². The first-order chi connectivity index (χ1) is 8.27. The van der Waals surface area contributed by atoms with Gasteiger partial charge in [-0.25, -0.2) is 4.98 Å². The monoisotopic (exact) mass is 250 g/mol. The van der Waals surface area contributed by atoms with Gasteiger partial charge in [0, 0.05) is 12.6 Å². The maximum absolute atomic E-state index is 12.5. The second-order valence-corrected chi connectivity index (χ2v) is 6.02. The molecule has 2 aliphatic rings. The van der Waals surface area contributed by atoms with Crippen molar-refractivity contribution >= 4 is 17.2 Å². The predicted octanol–water partition coefficient (Wildman–Crippen LogP) is 2.86. The van der Waals surface area contributed by atoms with Gasteiger partial charge in [-0.15, -0.1) is 11.3 Å². The first kappa shape index (κ1) is 11.2. The number of fused-ring (bicyclic) bond motifs is 1. The molecule has 2 unspecified atom stereocenters. The third-order valence-electron chi connectivity index (χ3n) is 4.19. The number of thiazole rings is 1. The van der Waals surface area contributed by atoms with Crippen molar-refractivity contribution in [2.45, 2.75) is 45.1 Å². The van der Waals surface area contributed by atoms with Crippen LogP contribution in [0.4, 0.5) is 0 Å². The standard InChI is InChI=1S/C13H18N2OS/c1-9-12(17-8-14-9)13(16)15-7-3-5-10-4-2-6-11(10)15/h8,10-11H,2-7H2,1H3. The molecular weight excluding hydrogens is 232 g/mol. The Morgan fingerprint density at radius 2 is 2.24 bits per heavy atom. The highest BCUT2D eigenvalue weighted by Gasteiger charge is 2.38. The smallest absolute Gasteiger partial charge is 0.266 e. The Balaban J connectivity index is 1.83. The first-order valence-electron chi connectivity index (χ1n) is 6.48. The number of piperidine rings is 1. The number of hydrogen-bond acceptors (Lipinski definition) is 3. The van der Waals surface area contributed by atoms with Crippen LogP contribution in [0.15, 0.2) is 5.51 Å². The number of rotatable bonds is 1. The Labute approximate surface area is 106 Å². The van der Waals surface area contributed by atoms with Gasteiger partial charge < -0.3 is 4.90 Å². The molecule has 92 valence electrons. The summed E-state index contributed by atoms with van der Waals surface area (Å²) in [5.41, 5.74) is 2.67. The summed E-state index contributed by atoms with van der Waals surface area (Å²) in [4.78, 5) is 19.7. The maximum Gasteiger partial charge on any atom is 0.266 e. The Bertz CT molecular complexity index is 429. The number of nitrogens with zero attached hydrogens (tertiary/aromatic N) is 2. The highest BCUT2D eigenvalue weighted by Crippen LogP contribution is 2.37. The van der Waals surface area contributed by atoms with Gasteiger partial charge in [-0.05, 0) is 38.5 Å². The molecule has 2 heterocycles. The van der Waals surface area contributed by atoms with Crippen molar-refractivity contribution < 1.29 is 4.79 Å². The third-order valence-corrected chi connectivity index (χ3v) is 5.11. The maximum atomic E-state index is 12.5. The van der Waals surface area contributed by atoms with Crippen molar-refractivity contribution in [3.63, 3.8) is 0 Å². The van der Waals surface area contributed by atoms with Crippen LogP contribution in [0, 0.1) is 12.8 Å². The van der Waals surface area contributed by atoms with Crippen molar-refractivity contribution in [1.82, 2.24) is 9.88 Å². The Kier molecular flexibility index (Phi) is 2.90. The molecule has 2 atom stereocenters. The van der Waals surface area contributed by atoms with E-state index < -0.39 is 0 Å². The molecule has 0 radical (unpaired) electrons. The molecule has 4 heteroatoms. The average Bonchev–Trinajstić information content (AvgIpc) is 2.95. The molecule has 0 spiro atoms. The van der Waals surface area contributed by atoms with Gasteiger partial charge in [-0.3, -0.25) is 4.79 Å². The molecule has 3 nitrogen and oxygen atoms in total. The molecule has 1 amide bonds. The van der Waals surface area contributed by atoms with Gasteiger partial charge in [0.1, 0.15) is 4.88 Å². The molecule has 17 heavy (non-hydrogen) atoms. The minimum absolute atomic E-state index is 0.224. The first-order valence-corrected chi connectivity index (χ1v) is 7.36. The van der Waals surface area contributed by atoms with Crippen LogP contribution in [-0.4, -0.2) is 28.4 Å². The summed E-state index contributed by atoms with van der Waals surface area (Å²) in [6, 6.07) is 0.512. The van der Waals surface area contributed by atoms with Crippen LogP contribution >= 0.6 is 11.3 Å². The van der Waals surface area contributed by atoms with Gasteiger partial charge in [-0.1, -0.05) is 6.42 Å². The van der Waals surface area contributed by atoms with Gasteiger partial charge in [0.15, 0.2) is 0 Å². The van der Waals surface area contributed by atoms with Crippen molar-refractivity contribution in [2.24, 2.45) is 5.92 Å². The zero-order valence-electron chi connectivity index (χ0n) is 10.2. The van der Waals surface area contributed by atoms with Crippen molar-refractivity contribution in [2.75, 3.05) is 6.54 Å². The van der Waals surface area contributed by atoms with Crippen molar-refractivity contribution in [3.05, 3.63) is 16.1 Å². The van der Waals surface area contributed by atoms with Crippen LogP contribution < -0.4 is 0 Å². The molecule has 1 aromatic heterocycles. The van der Waals surface area contributed by atoms with Crippen LogP contribution in [0.1, 0.15) is 47.5 Å². The van der Waals surface area contributed by atoms with E-state index in [1.165, 1.54) is 43.4 Å². The van der Waals surface area contributed by atoms with Gasteiger partial charge in [-0.2, -0.15) is 0 Å². The summed E-state index contributed by atoms with van der Waals surface area (Å²) < 4.78 is 0. The summed E-state index contributed by atoms with van der Waals surface area (Å²) in [6.07, 6.45) is 6.30. The second-order valence-electron chi connectivity index (χ2n) is 5.17. The molecule has 3 rings (SSSR count). The minimum Gasteiger partial charge on any atom is -0.335 e. The fourth-order valence-electron chi connectivity index (χ4n) is 3.34. The highest BCUT2D eigenvalue weighted by atomic mass is 32.1. The van der Waals surface area contributed by atoms with E-state index in [4.69, 9.17) is 0 Å². The van der Waals surface area contributed by atoms with E-state index in [9.17, 15) is 4.79 Å². The summed E-state index contributed by atoms with van der Waals surface area (Å²) in [6.45, 7) is 2.87. The van der Waals surface area contributed by atoms with E-state index in [0.717, 1.165) is 23.0 Å². The summed E-state index contributed by atoms with van der Waals surface area (Å²) in [7, 11) is 0. The quantitative estimate of drug-likeness (QED) is 0.768. The van der Waals surface area contributed by atoms with Crippen molar-refractivity contribution in [1.29, 1.82) is 0 Å². The Morgan fingerprint density at radius 3 is 3.00 bits per heavy atom. The molecule has 1 aliphatic heterocycles. The fourth-order valence-corrected chi connectivity index (χ4v) is 4.10. The SMILES string of the molecule is Cc1ncsc1C(=O)N1CCCC2CCCC21. The average molecular weight is 250 g/mol. The lowest BCUT2D eigenvalue weighted by molar-refractivity contribution is 0.0552. The number of likely N-dealkylation sites (tertiary alicyclic amines) is 1. The molecule has 0 bridgehead atoms.